The molecule has 0 aromatic carbocycles. The quantitative estimate of drug-likeness (QED) is 0.116. The van der Waals surface area contributed by atoms with Crippen molar-refractivity contribution >= 4 is 46.7 Å². The number of methoxy groups -OCH3 is 3. The summed E-state index contributed by atoms with van der Waals surface area (Å²) in [6.07, 6.45) is 8.55. The Hall–Kier alpha value is -4.92. The SMILES string of the molecule is COCC[C@H](NC(=O)O)C(=O)N1CCC[C@H]1c1ncc(-c2cnc(-c3ncc(-c4cnc([C@@H]5CCCN5C(=O)[C@H](CCOC)NC(=O)OC)[nH]4)s3)s2)[nH]1. The van der Waals surface area contributed by atoms with Crippen molar-refractivity contribution in [2.24, 2.45) is 0 Å². The number of carbonyl (C=O) groups excluding carboxylic acids is 3. The van der Waals surface area contributed by atoms with E-state index < -0.39 is 24.3 Å². The van der Waals surface area contributed by atoms with E-state index in [0.29, 0.717) is 44.2 Å². The van der Waals surface area contributed by atoms with E-state index in [1.54, 1.807) is 41.7 Å². The highest BCUT2D eigenvalue weighted by atomic mass is 32.1. The highest BCUT2D eigenvalue weighted by Gasteiger charge is 2.37. The predicted molar refractivity (Wildman–Crippen MR) is 193 cm³/mol. The topological polar surface area (TPSA) is 230 Å². The molecule has 0 bridgehead atoms. The Kier molecular flexibility index (Phi) is 12.3. The van der Waals surface area contributed by atoms with E-state index in [0.717, 1.165) is 50.4 Å². The first-order valence-electron chi connectivity index (χ1n) is 17.2. The number of hydrogen-bond donors (Lipinski definition) is 5. The van der Waals surface area contributed by atoms with Crippen LogP contribution in [0.4, 0.5) is 9.59 Å². The molecule has 0 radical (unpaired) electrons. The van der Waals surface area contributed by atoms with Crippen LogP contribution in [0.2, 0.25) is 0 Å². The molecule has 0 unspecified atom stereocenters. The van der Waals surface area contributed by atoms with E-state index in [2.05, 4.69) is 40.5 Å². The summed E-state index contributed by atoms with van der Waals surface area (Å²) in [5.74, 6) is 0.760. The minimum Gasteiger partial charge on any atom is -0.465 e. The van der Waals surface area contributed by atoms with Crippen LogP contribution < -0.4 is 10.6 Å². The molecule has 2 aliphatic heterocycles. The van der Waals surface area contributed by atoms with Gasteiger partial charge in [0, 0.05) is 65.8 Å². The van der Waals surface area contributed by atoms with Crippen molar-refractivity contribution in [3.8, 4) is 31.2 Å². The highest BCUT2D eigenvalue weighted by molar-refractivity contribution is 7.24. The number of ether oxygens (including phenoxy) is 3. The molecule has 4 aromatic rings. The molecule has 0 saturated carbocycles. The molecule has 6 heterocycles. The van der Waals surface area contributed by atoms with Gasteiger partial charge in [-0.2, -0.15) is 0 Å². The smallest absolute Gasteiger partial charge is 0.407 e. The number of carbonyl (C=O) groups is 4. The number of imidazole rings is 2. The molecule has 2 saturated heterocycles. The Labute approximate surface area is 312 Å². The van der Waals surface area contributed by atoms with E-state index in [-0.39, 0.29) is 36.9 Å². The van der Waals surface area contributed by atoms with Crippen LogP contribution in [0, 0.1) is 0 Å². The summed E-state index contributed by atoms with van der Waals surface area (Å²) in [4.78, 5) is 80.5. The first kappa shape index (κ1) is 37.8. The van der Waals surface area contributed by atoms with E-state index in [4.69, 9.17) is 14.2 Å². The number of hydrogen-bond acceptors (Lipinski definition) is 13. The number of amides is 4. The third kappa shape index (κ3) is 8.66. The van der Waals surface area contributed by atoms with Crippen LogP contribution in [0.15, 0.2) is 24.8 Å². The second kappa shape index (κ2) is 17.3. The summed E-state index contributed by atoms with van der Waals surface area (Å²) in [7, 11) is 4.30. The normalized spacial score (nSPS) is 18.2. The molecule has 4 amide bonds. The van der Waals surface area contributed by atoms with E-state index >= 15 is 0 Å². The largest absolute Gasteiger partial charge is 0.465 e. The monoisotopic (exact) mass is 770 g/mol. The van der Waals surface area contributed by atoms with Gasteiger partial charge in [-0.05, 0) is 25.7 Å². The number of thiazole rings is 2. The first-order valence-corrected chi connectivity index (χ1v) is 18.8. The van der Waals surface area contributed by atoms with Crippen LogP contribution in [-0.2, 0) is 23.8 Å². The van der Waals surface area contributed by atoms with E-state index in [9.17, 15) is 24.3 Å². The second-order valence-corrected chi connectivity index (χ2v) is 14.6. The van der Waals surface area contributed by atoms with Gasteiger partial charge in [0.05, 0.1) is 52.7 Å². The fourth-order valence-electron chi connectivity index (χ4n) is 6.62. The van der Waals surface area contributed by atoms with Crippen molar-refractivity contribution in [2.45, 2.75) is 62.7 Å². The second-order valence-electron chi connectivity index (χ2n) is 12.6. The maximum atomic E-state index is 13.5. The molecule has 284 valence electrons. The zero-order valence-electron chi connectivity index (χ0n) is 29.5. The summed E-state index contributed by atoms with van der Waals surface area (Å²) in [5, 5.41) is 15.7. The van der Waals surface area contributed by atoms with Gasteiger partial charge >= 0.3 is 12.2 Å². The number of nitrogens with one attached hydrogen (secondary N) is 4. The predicted octanol–water partition coefficient (Wildman–Crippen LogP) is 3.81. The van der Waals surface area contributed by atoms with Crippen LogP contribution in [0.1, 0.15) is 62.3 Å². The summed E-state index contributed by atoms with van der Waals surface area (Å²) in [6, 6.07) is -2.29. The van der Waals surface area contributed by atoms with Crippen molar-refractivity contribution in [3.05, 3.63) is 36.4 Å². The van der Waals surface area contributed by atoms with Gasteiger partial charge in [0.1, 0.15) is 23.7 Å². The standard InChI is InChI=1S/C33H42N10O8S2/c1-49-12-8-18(40-32(46)47)30(44)42-10-4-6-22(42)26-34-14-20(38-26)24-16-36-28(52-24)29-37-17-25(53-29)21-15-35-27(39-21)23-7-5-11-43(23)31(45)19(9-13-50-2)41-33(48)51-3/h14-19,22-23,40H,4-13H2,1-3H3,(H,34,38)(H,35,39)(H,41,48)(H,46,47)/t18-,19-,22-,23-/m0/s1. The maximum Gasteiger partial charge on any atom is 0.407 e. The minimum absolute atomic E-state index is 0.217. The Morgan fingerprint density at radius 3 is 1.68 bits per heavy atom. The molecule has 6 rings (SSSR count). The lowest BCUT2D eigenvalue weighted by Crippen LogP contribution is -2.49. The molecule has 18 nitrogen and oxygen atoms in total. The number of nitrogens with zero attached hydrogens (tertiary/aromatic N) is 6. The number of likely N-dealkylation sites (tertiary alicyclic amines) is 2. The molecule has 4 aromatic heterocycles. The molecule has 53 heavy (non-hydrogen) atoms. The van der Waals surface area contributed by atoms with Gasteiger partial charge < -0.3 is 49.7 Å². The lowest BCUT2D eigenvalue weighted by molar-refractivity contribution is -0.135. The third-order valence-corrected chi connectivity index (χ3v) is 11.4. The number of H-pyrrole nitrogens is 2. The zero-order chi connectivity index (χ0) is 37.5. The van der Waals surface area contributed by atoms with Gasteiger partial charge in [-0.3, -0.25) is 9.59 Å². The number of aromatic amines is 2. The summed E-state index contributed by atoms with van der Waals surface area (Å²) < 4.78 is 15.0. The van der Waals surface area contributed by atoms with Gasteiger partial charge in [0.15, 0.2) is 10.0 Å². The third-order valence-electron chi connectivity index (χ3n) is 9.21. The van der Waals surface area contributed by atoms with Crippen molar-refractivity contribution in [2.75, 3.05) is 47.6 Å². The lowest BCUT2D eigenvalue weighted by Gasteiger charge is -2.28. The highest BCUT2D eigenvalue weighted by Crippen LogP contribution is 2.39. The Morgan fingerprint density at radius 1 is 0.774 bits per heavy atom. The molecule has 5 N–H and O–H groups in total. The first-order chi connectivity index (χ1) is 25.7. The van der Waals surface area contributed by atoms with Gasteiger partial charge in [0.2, 0.25) is 11.8 Å². The number of aromatic nitrogens is 6. The van der Waals surface area contributed by atoms with Crippen LogP contribution in [0.3, 0.4) is 0 Å². The summed E-state index contributed by atoms with van der Waals surface area (Å²) in [6.45, 7) is 1.58. The number of alkyl carbamates (subject to hydrolysis) is 1. The minimum atomic E-state index is -1.26. The average molecular weight is 771 g/mol. The van der Waals surface area contributed by atoms with Crippen molar-refractivity contribution in [3.63, 3.8) is 0 Å². The number of rotatable bonds is 15. The number of carboxylic acid groups (broad SMARTS) is 1. The maximum absolute atomic E-state index is 13.5. The zero-order valence-corrected chi connectivity index (χ0v) is 31.1. The molecule has 4 atom stereocenters. The summed E-state index contributed by atoms with van der Waals surface area (Å²) >= 11 is 2.91. The van der Waals surface area contributed by atoms with Gasteiger partial charge in [0.25, 0.3) is 0 Å². The van der Waals surface area contributed by atoms with Crippen LogP contribution in [0.25, 0.3) is 31.2 Å². The van der Waals surface area contributed by atoms with Crippen LogP contribution in [0.5, 0.6) is 0 Å². The van der Waals surface area contributed by atoms with Crippen molar-refractivity contribution in [1.29, 1.82) is 0 Å². The van der Waals surface area contributed by atoms with Crippen LogP contribution in [-0.4, -0.2) is 129 Å². The van der Waals surface area contributed by atoms with Gasteiger partial charge in [-0.25, -0.2) is 29.5 Å². The van der Waals surface area contributed by atoms with E-state index in [1.807, 2.05) is 0 Å². The summed E-state index contributed by atoms with van der Waals surface area (Å²) in [5.41, 5.74) is 1.51. The molecule has 0 aliphatic carbocycles. The molecule has 2 aliphatic rings. The van der Waals surface area contributed by atoms with Crippen molar-refractivity contribution < 1.29 is 38.5 Å². The lowest BCUT2D eigenvalue weighted by atomic mass is 10.1. The van der Waals surface area contributed by atoms with Gasteiger partial charge in [-0.15, -0.1) is 22.7 Å². The van der Waals surface area contributed by atoms with Gasteiger partial charge in [-0.1, -0.05) is 0 Å². The Morgan fingerprint density at radius 2 is 1.25 bits per heavy atom. The average Bonchev–Trinajstić information content (AvgIpc) is 3.99. The van der Waals surface area contributed by atoms with Crippen LogP contribution >= 0.6 is 22.7 Å². The fourth-order valence-corrected chi connectivity index (χ4v) is 8.42. The van der Waals surface area contributed by atoms with E-state index in [1.165, 1.54) is 36.9 Å². The fraction of sp³-hybridized carbons (Fsp3) is 0.515. The Balaban J connectivity index is 1.12. The molecular weight excluding hydrogens is 729 g/mol. The Bertz CT molecular complexity index is 1890. The van der Waals surface area contributed by atoms with Crippen molar-refractivity contribution in [1.82, 2.24) is 50.3 Å². The molecule has 0 spiro atoms. The molecule has 2 fully saturated rings. The molecule has 20 heteroatoms. The molecular formula is C33H42N10O8S2.